The molecule has 1 aromatic carbocycles. The highest BCUT2D eigenvalue weighted by atomic mass is 28.4. The van der Waals surface area contributed by atoms with Gasteiger partial charge in [-0.3, -0.25) is 9.97 Å². The van der Waals surface area contributed by atoms with Gasteiger partial charge >= 0.3 is 12.2 Å². The van der Waals surface area contributed by atoms with Crippen molar-refractivity contribution in [3.8, 4) is 0 Å². The minimum Gasteiger partial charge on any atom is -0.445 e. The molecule has 2 aromatic heterocycles. The second-order valence-corrected chi connectivity index (χ2v) is 18.7. The molecule has 2 heterocycles. The van der Waals surface area contributed by atoms with Crippen molar-refractivity contribution in [2.45, 2.75) is 109 Å². The van der Waals surface area contributed by atoms with Crippen molar-refractivity contribution in [3.63, 3.8) is 0 Å². The van der Waals surface area contributed by atoms with Gasteiger partial charge in [-0.25, -0.2) is 9.59 Å². The van der Waals surface area contributed by atoms with E-state index in [-0.39, 0.29) is 17.7 Å². The summed E-state index contributed by atoms with van der Waals surface area (Å²) in [6, 6.07) is 16.7. The molecule has 0 saturated carbocycles. The Hall–Kier alpha value is -3.76. The molecule has 0 aliphatic heterocycles. The molecule has 0 radical (unpaired) electrons. The van der Waals surface area contributed by atoms with Crippen LogP contribution in [0.3, 0.4) is 0 Å². The molecule has 0 fully saturated rings. The van der Waals surface area contributed by atoms with Gasteiger partial charge in [-0.1, -0.05) is 57.2 Å². The molecule has 2 amide bonds. The third-order valence-electron chi connectivity index (χ3n) is 7.86. The van der Waals surface area contributed by atoms with E-state index < -0.39 is 38.3 Å². The Balaban J connectivity index is 1.96. The van der Waals surface area contributed by atoms with Crippen molar-refractivity contribution in [1.29, 1.82) is 0 Å². The number of alkyl carbamates (subject to hydrolysis) is 2. The predicted octanol–water partition coefficient (Wildman–Crippen LogP) is 7.23. The van der Waals surface area contributed by atoms with Crippen LogP contribution in [-0.2, 0) is 33.3 Å². The molecule has 0 saturated heterocycles. The fraction of sp³-hybridized carbons (Fsp3) is 0.486. The van der Waals surface area contributed by atoms with Gasteiger partial charge in [0.15, 0.2) is 8.32 Å². The molecule has 3 aromatic rings. The van der Waals surface area contributed by atoms with Gasteiger partial charge in [-0.05, 0) is 87.5 Å². The first-order valence-electron chi connectivity index (χ1n) is 15.5. The fourth-order valence-electron chi connectivity index (χ4n) is 4.57. The summed E-state index contributed by atoms with van der Waals surface area (Å²) in [5, 5.41) is 6.14. The van der Waals surface area contributed by atoms with Crippen molar-refractivity contribution in [1.82, 2.24) is 20.6 Å². The Morgan fingerprint density at radius 3 is 2.02 bits per heavy atom. The summed E-state index contributed by atoms with van der Waals surface area (Å²) in [4.78, 5) is 34.6. The number of hydrogen-bond acceptors (Lipinski definition) is 7. The Morgan fingerprint density at radius 2 is 1.42 bits per heavy atom. The van der Waals surface area contributed by atoms with Crippen LogP contribution in [0.25, 0.3) is 0 Å². The number of hydrogen-bond donors (Lipinski definition) is 2. The topological polar surface area (TPSA) is 112 Å². The van der Waals surface area contributed by atoms with Crippen LogP contribution in [0.2, 0.25) is 18.1 Å². The monoisotopic (exact) mass is 634 g/mol. The summed E-state index contributed by atoms with van der Waals surface area (Å²) in [6.07, 6.45) is 6.77. The van der Waals surface area contributed by atoms with Crippen LogP contribution in [0.5, 0.6) is 0 Å². The van der Waals surface area contributed by atoms with Crippen molar-refractivity contribution >= 4 is 20.5 Å². The van der Waals surface area contributed by atoms with E-state index in [1.54, 1.807) is 30.9 Å². The maximum Gasteiger partial charge on any atom is 0.407 e. The number of pyridine rings is 2. The first kappa shape index (κ1) is 35.7. The molecule has 0 unspecified atom stereocenters. The highest BCUT2D eigenvalue weighted by Gasteiger charge is 2.42. The minimum absolute atomic E-state index is 0.0921. The average Bonchev–Trinajstić information content (AvgIpc) is 2.95. The summed E-state index contributed by atoms with van der Waals surface area (Å²) in [5.74, 6) is 0. The molecule has 10 heteroatoms. The number of aromatic nitrogens is 2. The number of rotatable bonds is 13. The second-order valence-electron chi connectivity index (χ2n) is 13.9. The number of nitrogens with zero attached hydrogens (tertiary/aromatic N) is 2. The van der Waals surface area contributed by atoms with E-state index in [0.717, 1.165) is 16.7 Å². The van der Waals surface area contributed by atoms with Crippen LogP contribution in [-0.4, -0.2) is 54.3 Å². The highest BCUT2D eigenvalue weighted by Crippen LogP contribution is 2.38. The van der Waals surface area contributed by atoms with Gasteiger partial charge in [0.05, 0.1) is 12.1 Å². The fourth-order valence-corrected chi connectivity index (χ4v) is 5.94. The highest BCUT2D eigenvalue weighted by molar-refractivity contribution is 6.74. The summed E-state index contributed by atoms with van der Waals surface area (Å²) in [5.41, 5.74) is 2.19. The lowest BCUT2D eigenvalue weighted by Gasteiger charge is -2.42. The number of ether oxygens (including phenoxy) is 2. The smallest absolute Gasteiger partial charge is 0.407 e. The van der Waals surface area contributed by atoms with Crippen LogP contribution in [0.1, 0.15) is 64.7 Å². The van der Waals surface area contributed by atoms with E-state index >= 15 is 0 Å². The van der Waals surface area contributed by atoms with Gasteiger partial charge in [0, 0.05) is 36.4 Å². The van der Waals surface area contributed by atoms with Gasteiger partial charge in [-0.2, -0.15) is 0 Å². The first-order valence-corrected chi connectivity index (χ1v) is 18.4. The first-order chi connectivity index (χ1) is 21.1. The van der Waals surface area contributed by atoms with Crippen LogP contribution < -0.4 is 10.6 Å². The van der Waals surface area contributed by atoms with Crippen LogP contribution in [0, 0.1) is 0 Å². The van der Waals surface area contributed by atoms with Gasteiger partial charge in [0.2, 0.25) is 0 Å². The largest absolute Gasteiger partial charge is 0.445 e. The second kappa shape index (κ2) is 16.0. The average molecular weight is 635 g/mol. The third-order valence-corrected chi connectivity index (χ3v) is 12.4. The normalized spacial score (nSPS) is 14.1. The quantitative estimate of drug-likeness (QED) is 0.191. The SMILES string of the molecule is CC(C)(C)OC(=O)N[C@@H](Cc1ccccc1)[C@H](C[C@H](Cc1ccncc1)NC(=O)OCc1cccnc1)O[Si](C)(C)C(C)(C)C. The van der Waals surface area contributed by atoms with Crippen molar-refractivity contribution in [2.24, 2.45) is 0 Å². The summed E-state index contributed by atoms with van der Waals surface area (Å²) in [7, 11) is -2.36. The van der Waals surface area contributed by atoms with E-state index in [1.807, 2.05) is 69.3 Å². The number of carbonyl (C=O) groups excluding carboxylic acids is 2. The number of amides is 2. The van der Waals surface area contributed by atoms with Gasteiger partial charge in [0.1, 0.15) is 12.2 Å². The van der Waals surface area contributed by atoms with Crippen molar-refractivity contribution in [3.05, 3.63) is 96.1 Å². The maximum absolute atomic E-state index is 13.2. The van der Waals surface area contributed by atoms with Crippen molar-refractivity contribution < 1.29 is 23.5 Å². The van der Waals surface area contributed by atoms with Crippen LogP contribution in [0.4, 0.5) is 9.59 Å². The molecule has 9 nitrogen and oxygen atoms in total. The van der Waals surface area contributed by atoms with E-state index in [1.165, 1.54) is 0 Å². The van der Waals surface area contributed by atoms with Crippen LogP contribution >= 0.6 is 0 Å². The zero-order valence-electron chi connectivity index (χ0n) is 28.0. The maximum atomic E-state index is 13.2. The molecule has 0 spiro atoms. The molecule has 45 heavy (non-hydrogen) atoms. The molecule has 3 atom stereocenters. The molecule has 0 bridgehead atoms. The number of carbonyl (C=O) groups is 2. The number of benzene rings is 1. The lowest BCUT2D eigenvalue weighted by Crippen LogP contribution is -2.55. The van der Waals surface area contributed by atoms with E-state index in [0.29, 0.717) is 19.3 Å². The summed E-state index contributed by atoms with van der Waals surface area (Å²) in [6.45, 7) is 16.6. The van der Waals surface area contributed by atoms with E-state index in [9.17, 15) is 9.59 Å². The molecule has 0 aliphatic rings. The Morgan fingerprint density at radius 1 is 0.778 bits per heavy atom. The lowest BCUT2D eigenvalue weighted by molar-refractivity contribution is 0.0412. The van der Waals surface area contributed by atoms with E-state index in [2.05, 4.69) is 54.5 Å². The van der Waals surface area contributed by atoms with Crippen molar-refractivity contribution in [2.75, 3.05) is 0 Å². The van der Waals surface area contributed by atoms with Gasteiger partial charge < -0.3 is 24.5 Å². The molecular weight excluding hydrogens is 584 g/mol. The predicted molar refractivity (Wildman–Crippen MR) is 179 cm³/mol. The minimum atomic E-state index is -2.36. The molecule has 0 aliphatic carbocycles. The number of nitrogens with one attached hydrogen (secondary N) is 2. The Labute approximate surface area is 269 Å². The Kier molecular flexibility index (Phi) is 12.7. The molecular formula is C35H50N4O5Si. The summed E-state index contributed by atoms with van der Waals surface area (Å²) >= 11 is 0. The molecule has 244 valence electrons. The van der Waals surface area contributed by atoms with Gasteiger partial charge in [0.25, 0.3) is 0 Å². The standard InChI is InChI=1S/C35H50N4O5Si/c1-34(2,3)43-33(41)39-30(22-26-13-10-9-11-14-26)31(44-45(7,8)35(4,5)6)23-29(21-27-16-19-36-20-17-27)38-32(40)42-25-28-15-12-18-37-24-28/h9-20,24,29-31H,21-23,25H2,1-8H3,(H,38,40)(H,39,41)/t29-,30-,31-/m0/s1. The van der Waals surface area contributed by atoms with Crippen LogP contribution in [0.15, 0.2) is 79.4 Å². The lowest BCUT2D eigenvalue weighted by atomic mass is 9.94. The third kappa shape index (κ3) is 12.6. The summed E-state index contributed by atoms with van der Waals surface area (Å²) < 4.78 is 18.4. The van der Waals surface area contributed by atoms with Gasteiger partial charge in [-0.15, -0.1) is 0 Å². The molecule has 3 rings (SSSR count). The Bertz CT molecular complexity index is 1330. The molecule has 2 N–H and O–H groups in total. The van der Waals surface area contributed by atoms with E-state index in [4.69, 9.17) is 13.9 Å². The zero-order chi connectivity index (χ0) is 33.1. The zero-order valence-corrected chi connectivity index (χ0v) is 29.0.